The van der Waals surface area contributed by atoms with Crippen LogP contribution in [0.25, 0.3) is 0 Å². The van der Waals surface area contributed by atoms with Crippen molar-refractivity contribution >= 4 is 44.8 Å². The van der Waals surface area contributed by atoms with Gasteiger partial charge in [-0.1, -0.05) is 42.3 Å². The van der Waals surface area contributed by atoms with Crippen LogP contribution >= 0.6 is 23.2 Å². The van der Waals surface area contributed by atoms with Crippen molar-refractivity contribution in [3.05, 3.63) is 63.6 Å². The molecule has 0 radical (unpaired) electrons. The van der Waals surface area contributed by atoms with Gasteiger partial charge in [-0.3, -0.25) is 9.10 Å². The Labute approximate surface area is 182 Å². The summed E-state index contributed by atoms with van der Waals surface area (Å²) in [5.74, 6) is -0.684. The fourth-order valence-electron chi connectivity index (χ4n) is 2.85. The highest BCUT2D eigenvalue weighted by molar-refractivity contribution is 7.92. The summed E-state index contributed by atoms with van der Waals surface area (Å²) < 4.78 is 64.3. The Morgan fingerprint density at radius 3 is 2.40 bits per heavy atom. The fraction of sp³-hybridized carbons (Fsp3) is 0.316. The van der Waals surface area contributed by atoms with Gasteiger partial charge in [-0.05, 0) is 42.3 Å². The predicted molar refractivity (Wildman–Crippen MR) is 111 cm³/mol. The van der Waals surface area contributed by atoms with Crippen molar-refractivity contribution in [3.8, 4) is 0 Å². The number of halogens is 5. The van der Waals surface area contributed by atoms with E-state index < -0.39 is 33.7 Å². The van der Waals surface area contributed by atoms with Gasteiger partial charge in [0, 0.05) is 11.6 Å². The minimum atomic E-state index is -4.51. The van der Waals surface area contributed by atoms with E-state index in [1.165, 1.54) is 30.3 Å². The van der Waals surface area contributed by atoms with Gasteiger partial charge in [0.25, 0.3) is 0 Å². The van der Waals surface area contributed by atoms with E-state index in [1.807, 2.05) is 0 Å². The molecule has 164 valence electrons. The third-order valence-corrected chi connectivity index (χ3v) is 5.92. The van der Waals surface area contributed by atoms with Gasteiger partial charge < -0.3 is 5.32 Å². The lowest BCUT2D eigenvalue weighted by Crippen LogP contribution is -2.49. The van der Waals surface area contributed by atoms with Gasteiger partial charge in [0.15, 0.2) is 0 Å². The van der Waals surface area contributed by atoms with E-state index in [9.17, 15) is 26.4 Å². The standard InChI is InChI=1S/C19H19Cl2F3N2O3S/c1-3-16(26(30(2,28)29)17-10-14(20)7-8-15(17)21)18(27)25-11-12-5-4-6-13(9-12)19(22,23)24/h4-10,16H,3,11H2,1-2H3,(H,25,27)/t16-/m0/s1. The topological polar surface area (TPSA) is 66.5 Å². The van der Waals surface area contributed by atoms with Crippen molar-refractivity contribution in [1.29, 1.82) is 0 Å². The summed E-state index contributed by atoms with van der Waals surface area (Å²) in [6.45, 7) is 1.39. The van der Waals surface area contributed by atoms with Crippen LogP contribution in [0, 0.1) is 0 Å². The average Bonchev–Trinajstić information content (AvgIpc) is 2.65. The zero-order valence-corrected chi connectivity index (χ0v) is 18.3. The van der Waals surface area contributed by atoms with Gasteiger partial charge in [-0.25, -0.2) is 8.42 Å². The van der Waals surface area contributed by atoms with E-state index in [1.54, 1.807) is 6.92 Å². The monoisotopic (exact) mass is 482 g/mol. The summed E-state index contributed by atoms with van der Waals surface area (Å²) in [7, 11) is -3.94. The average molecular weight is 483 g/mol. The molecule has 0 fully saturated rings. The summed E-state index contributed by atoms with van der Waals surface area (Å²) in [5.41, 5.74) is -0.586. The molecule has 0 saturated carbocycles. The molecule has 2 aromatic carbocycles. The van der Waals surface area contributed by atoms with Gasteiger partial charge >= 0.3 is 6.18 Å². The lowest BCUT2D eigenvalue weighted by Gasteiger charge is -2.30. The van der Waals surface area contributed by atoms with Crippen LogP contribution in [0.3, 0.4) is 0 Å². The first kappa shape index (κ1) is 24.3. The Bertz CT molecular complexity index is 1030. The van der Waals surface area contributed by atoms with Gasteiger partial charge in [0.1, 0.15) is 6.04 Å². The maximum atomic E-state index is 12.9. The summed E-state index contributed by atoms with van der Waals surface area (Å²) in [6, 6.07) is 7.54. The number of sulfonamides is 1. The van der Waals surface area contributed by atoms with Crippen molar-refractivity contribution in [1.82, 2.24) is 5.32 Å². The normalized spacial score (nSPS) is 13.0. The van der Waals surface area contributed by atoms with E-state index in [0.29, 0.717) is 0 Å². The van der Waals surface area contributed by atoms with Crippen molar-refractivity contribution in [2.45, 2.75) is 32.1 Å². The number of carbonyl (C=O) groups excluding carboxylic acids is 1. The molecule has 0 bridgehead atoms. The highest BCUT2D eigenvalue weighted by Crippen LogP contribution is 2.33. The van der Waals surface area contributed by atoms with E-state index in [4.69, 9.17) is 23.2 Å². The number of hydrogen-bond donors (Lipinski definition) is 1. The third-order valence-electron chi connectivity index (χ3n) is 4.20. The molecule has 0 saturated heterocycles. The zero-order valence-electron chi connectivity index (χ0n) is 16.0. The van der Waals surface area contributed by atoms with Crippen molar-refractivity contribution in [2.24, 2.45) is 0 Å². The van der Waals surface area contributed by atoms with E-state index in [0.717, 1.165) is 22.7 Å². The van der Waals surface area contributed by atoms with Crippen molar-refractivity contribution in [2.75, 3.05) is 10.6 Å². The van der Waals surface area contributed by atoms with Crippen LogP contribution in [0.4, 0.5) is 18.9 Å². The molecule has 1 amide bonds. The molecule has 2 aromatic rings. The Morgan fingerprint density at radius 1 is 1.17 bits per heavy atom. The van der Waals surface area contributed by atoms with Crippen LogP contribution in [0.5, 0.6) is 0 Å². The molecular weight excluding hydrogens is 464 g/mol. The second-order valence-corrected chi connectivity index (χ2v) is 9.20. The van der Waals surface area contributed by atoms with Crippen molar-refractivity contribution < 1.29 is 26.4 Å². The number of benzene rings is 2. The molecule has 0 aliphatic heterocycles. The lowest BCUT2D eigenvalue weighted by molar-refractivity contribution is -0.137. The minimum absolute atomic E-state index is 0.0349. The molecular formula is C19H19Cl2F3N2O3S. The first-order valence-corrected chi connectivity index (χ1v) is 11.3. The maximum Gasteiger partial charge on any atom is 0.416 e. The number of amides is 1. The Morgan fingerprint density at radius 2 is 1.83 bits per heavy atom. The van der Waals surface area contributed by atoms with Crippen LogP contribution in [-0.4, -0.2) is 26.6 Å². The van der Waals surface area contributed by atoms with Gasteiger partial charge in [-0.2, -0.15) is 13.2 Å². The number of anilines is 1. The van der Waals surface area contributed by atoms with Crippen LogP contribution in [0.15, 0.2) is 42.5 Å². The number of nitrogens with one attached hydrogen (secondary N) is 1. The number of rotatable bonds is 7. The molecule has 0 heterocycles. The molecule has 1 atom stereocenters. The highest BCUT2D eigenvalue weighted by Gasteiger charge is 2.33. The number of nitrogens with zero attached hydrogens (tertiary/aromatic N) is 1. The van der Waals surface area contributed by atoms with Crippen molar-refractivity contribution in [3.63, 3.8) is 0 Å². The highest BCUT2D eigenvalue weighted by atomic mass is 35.5. The number of alkyl halides is 3. The molecule has 30 heavy (non-hydrogen) atoms. The largest absolute Gasteiger partial charge is 0.416 e. The lowest BCUT2D eigenvalue weighted by atomic mass is 10.1. The van der Waals surface area contributed by atoms with Crippen LogP contribution in [0.1, 0.15) is 24.5 Å². The second kappa shape index (κ2) is 9.45. The molecule has 0 aliphatic rings. The van der Waals surface area contributed by atoms with E-state index in [-0.39, 0.29) is 34.3 Å². The first-order chi connectivity index (χ1) is 13.8. The fourth-order valence-corrected chi connectivity index (χ4v) is 4.50. The Hall–Kier alpha value is -1.97. The minimum Gasteiger partial charge on any atom is -0.350 e. The summed E-state index contributed by atoms with van der Waals surface area (Å²) in [4.78, 5) is 12.8. The smallest absolute Gasteiger partial charge is 0.350 e. The molecule has 0 spiro atoms. The van der Waals surface area contributed by atoms with Gasteiger partial charge in [0.05, 0.1) is 22.5 Å². The van der Waals surface area contributed by atoms with Crippen LogP contribution in [0.2, 0.25) is 10.0 Å². The van der Waals surface area contributed by atoms with Crippen LogP contribution in [-0.2, 0) is 27.5 Å². The zero-order chi connectivity index (χ0) is 22.7. The number of hydrogen-bond acceptors (Lipinski definition) is 3. The van der Waals surface area contributed by atoms with Gasteiger partial charge in [-0.15, -0.1) is 0 Å². The van der Waals surface area contributed by atoms with Crippen LogP contribution < -0.4 is 9.62 Å². The maximum absolute atomic E-state index is 12.9. The molecule has 11 heteroatoms. The summed E-state index contributed by atoms with van der Waals surface area (Å²) in [6.07, 6.45) is -3.50. The molecule has 0 aliphatic carbocycles. The van der Waals surface area contributed by atoms with E-state index >= 15 is 0 Å². The molecule has 5 nitrogen and oxygen atoms in total. The second-order valence-electron chi connectivity index (χ2n) is 6.49. The van der Waals surface area contributed by atoms with Gasteiger partial charge in [0.2, 0.25) is 15.9 Å². The Kier molecular flexibility index (Phi) is 7.65. The molecule has 2 rings (SSSR count). The molecule has 0 aromatic heterocycles. The predicted octanol–water partition coefficient (Wildman–Crippen LogP) is 4.87. The SMILES string of the molecule is CC[C@@H](C(=O)NCc1cccc(C(F)(F)F)c1)N(c1cc(Cl)ccc1Cl)S(C)(=O)=O. The number of carbonyl (C=O) groups is 1. The Balaban J connectivity index is 2.30. The summed E-state index contributed by atoms with van der Waals surface area (Å²) >= 11 is 12.1. The summed E-state index contributed by atoms with van der Waals surface area (Å²) in [5, 5.41) is 2.80. The molecule has 1 N–H and O–H groups in total. The molecule has 0 unspecified atom stereocenters. The third kappa shape index (κ3) is 6.02. The first-order valence-electron chi connectivity index (χ1n) is 8.73. The quantitative estimate of drug-likeness (QED) is 0.611. The van der Waals surface area contributed by atoms with E-state index in [2.05, 4.69) is 5.32 Å².